The monoisotopic (exact) mass is 473 g/mol. The molecule has 2 atom stereocenters. The van der Waals surface area contributed by atoms with E-state index in [2.05, 4.69) is 5.32 Å². The number of hydrogen-bond acceptors (Lipinski definition) is 6. The second-order valence-corrected chi connectivity index (χ2v) is 10.9. The van der Waals surface area contributed by atoms with Crippen LogP contribution < -0.4 is 11.1 Å². The van der Waals surface area contributed by atoms with Gasteiger partial charge >= 0.3 is 6.03 Å². The summed E-state index contributed by atoms with van der Waals surface area (Å²) in [6.07, 6.45) is 6.89. The van der Waals surface area contributed by atoms with Crippen molar-refractivity contribution in [3.05, 3.63) is 0 Å². The summed E-state index contributed by atoms with van der Waals surface area (Å²) in [5.41, 5.74) is 5.58. The molecule has 3 N–H and O–H groups in total. The number of hydrogen-bond donors (Lipinski definition) is 2. The third kappa shape index (κ3) is 6.32. The van der Waals surface area contributed by atoms with Gasteiger partial charge in [-0.2, -0.15) is 4.31 Å². The number of urea groups is 1. The van der Waals surface area contributed by atoms with Crippen LogP contribution in [0, 0.1) is 5.92 Å². The maximum absolute atomic E-state index is 13.2. The molecule has 182 valence electrons. The number of sulfonamides is 1. The van der Waals surface area contributed by atoms with Gasteiger partial charge in [0.25, 0.3) is 0 Å². The van der Waals surface area contributed by atoms with Crippen LogP contribution in [0.4, 0.5) is 4.79 Å². The number of nitrogens with zero attached hydrogens (tertiary/aromatic N) is 3. The molecule has 0 radical (unpaired) electrons. The highest BCUT2D eigenvalue weighted by molar-refractivity contribution is 7.88. The highest BCUT2D eigenvalue weighted by atomic mass is 32.2. The molecular weight excluding hydrogens is 438 g/mol. The molecule has 0 spiro atoms. The van der Waals surface area contributed by atoms with Gasteiger partial charge < -0.3 is 25.6 Å². The standard InChI is InChI=1S/C20H35N5O6S/c1-32(29,30)24-7-8-25(20(28)23-9-11-31-12-10-23)17(14-24)19(27)22-16(18(21)26)13-15-5-3-2-4-6-15/h15-17H,2-14H2,1H3,(H2,21,26)(H,22,27)/t16-,17+/m0/s1. The normalized spacial score (nSPS) is 24.7. The summed E-state index contributed by atoms with van der Waals surface area (Å²) >= 11 is 0. The number of rotatable bonds is 6. The van der Waals surface area contributed by atoms with Crippen LogP contribution in [0.3, 0.4) is 0 Å². The summed E-state index contributed by atoms with van der Waals surface area (Å²) in [5, 5.41) is 2.72. The SMILES string of the molecule is CS(=O)(=O)N1CCN(C(=O)N2CCOCC2)[C@@H](C(=O)N[C@@H](CC2CCCCC2)C(N)=O)C1. The molecule has 0 aromatic rings. The zero-order valence-electron chi connectivity index (χ0n) is 18.7. The highest BCUT2D eigenvalue weighted by Gasteiger charge is 2.41. The van der Waals surface area contributed by atoms with Crippen molar-refractivity contribution in [2.24, 2.45) is 11.7 Å². The van der Waals surface area contributed by atoms with Gasteiger partial charge in [-0.1, -0.05) is 32.1 Å². The van der Waals surface area contributed by atoms with Crippen LogP contribution in [-0.2, 0) is 24.3 Å². The number of morpholine rings is 1. The number of nitrogens with one attached hydrogen (secondary N) is 1. The molecule has 2 saturated heterocycles. The first kappa shape index (κ1) is 24.7. The molecule has 2 heterocycles. The average Bonchev–Trinajstić information content (AvgIpc) is 2.78. The molecule has 2 aliphatic heterocycles. The Hall–Kier alpha value is -1.92. The summed E-state index contributed by atoms with van der Waals surface area (Å²) in [7, 11) is -3.54. The fourth-order valence-corrected chi connectivity index (χ4v) is 5.54. The molecule has 3 rings (SSSR count). The van der Waals surface area contributed by atoms with Crippen LogP contribution in [0.5, 0.6) is 0 Å². The average molecular weight is 474 g/mol. The van der Waals surface area contributed by atoms with Gasteiger partial charge in [-0.25, -0.2) is 13.2 Å². The quantitative estimate of drug-likeness (QED) is 0.524. The van der Waals surface area contributed by atoms with Crippen molar-refractivity contribution in [3.8, 4) is 0 Å². The Morgan fingerprint density at radius 2 is 1.72 bits per heavy atom. The molecule has 12 heteroatoms. The summed E-state index contributed by atoms with van der Waals surface area (Å²) in [4.78, 5) is 41.4. The number of carbonyl (C=O) groups is 3. The second-order valence-electron chi connectivity index (χ2n) is 8.92. The lowest BCUT2D eigenvalue weighted by Gasteiger charge is -2.42. The Kier molecular flexibility index (Phi) is 8.34. The Morgan fingerprint density at radius 3 is 2.31 bits per heavy atom. The first-order chi connectivity index (χ1) is 15.2. The number of ether oxygens (including phenoxy) is 1. The van der Waals surface area contributed by atoms with Crippen LogP contribution in [0.1, 0.15) is 38.5 Å². The van der Waals surface area contributed by atoms with Gasteiger partial charge in [-0.3, -0.25) is 9.59 Å². The van der Waals surface area contributed by atoms with Gasteiger partial charge in [-0.05, 0) is 12.3 Å². The first-order valence-corrected chi connectivity index (χ1v) is 13.2. The van der Waals surface area contributed by atoms with E-state index in [9.17, 15) is 22.8 Å². The Labute approximate surface area is 189 Å². The van der Waals surface area contributed by atoms with Crippen LogP contribution in [-0.4, -0.2) is 105 Å². The fourth-order valence-electron chi connectivity index (χ4n) is 4.72. The van der Waals surface area contributed by atoms with Crippen molar-refractivity contribution in [3.63, 3.8) is 0 Å². The predicted octanol–water partition coefficient (Wildman–Crippen LogP) is -0.675. The largest absolute Gasteiger partial charge is 0.378 e. The zero-order chi connectivity index (χ0) is 23.3. The van der Waals surface area contributed by atoms with Crippen LogP contribution >= 0.6 is 0 Å². The second kappa shape index (κ2) is 10.8. The number of primary amides is 1. The van der Waals surface area contributed by atoms with Gasteiger partial charge in [0, 0.05) is 32.7 Å². The van der Waals surface area contributed by atoms with E-state index in [1.165, 1.54) is 15.6 Å². The molecule has 1 saturated carbocycles. The van der Waals surface area contributed by atoms with Gasteiger partial charge in [0.2, 0.25) is 21.8 Å². The third-order valence-corrected chi connectivity index (χ3v) is 7.87. The summed E-state index contributed by atoms with van der Waals surface area (Å²) in [6.45, 7) is 1.69. The molecule has 3 aliphatic rings. The molecule has 0 aromatic heterocycles. The molecular formula is C20H35N5O6S. The number of piperazine rings is 1. The van der Waals surface area contributed by atoms with E-state index in [0.717, 1.165) is 31.9 Å². The zero-order valence-corrected chi connectivity index (χ0v) is 19.5. The Balaban J connectivity index is 1.74. The van der Waals surface area contributed by atoms with Crippen LogP contribution in [0.2, 0.25) is 0 Å². The molecule has 4 amide bonds. The van der Waals surface area contributed by atoms with Gasteiger partial charge in [-0.15, -0.1) is 0 Å². The van der Waals surface area contributed by atoms with E-state index in [1.54, 1.807) is 4.90 Å². The van der Waals surface area contributed by atoms with E-state index in [-0.39, 0.29) is 25.7 Å². The van der Waals surface area contributed by atoms with Crippen molar-refractivity contribution >= 4 is 27.9 Å². The minimum atomic E-state index is -3.54. The van der Waals surface area contributed by atoms with Gasteiger partial charge in [0.1, 0.15) is 12.1 Å². The van der Waals surface area contributed by atoms with E-state index in [4.69, 9.17) is 10.5 Å². The molecule has 0 bridgehead atoms. The van der Waals surface area contributed by atoms with Gasteiger partial charge in [0.15, 0.2) is 0 Å². The lowest BCUT2D eigenvalue weighted by Crippen LogP contribution is -2.65. The van der Waals surface area contributed by atoms with Crippen molar-refractivity contribution in [2.45, 2.75) is 50.6 Å². The molecule has 32 heavy (non-hydrogen) atoms. The maximum Gasteiger partial charge on any atom is 0.320 e. The van der Waals surface area contributed by atoms with Crippen molar-refractivity contribution in [1.82, 2.24) is 19.4 Å². The maximum atomic E-state index is 13.2. The van der Waals surface area contributed by atoms with Crippen LogP contribution in [0.15, 0.2) is 0 Å². The molecule has 11 nitrogen and oxygen atoms in total. The molecule has 1 aliphatic carbocycles. The lowest BCUT2D eigenvalue weighted by molar-refractivity contribution is -0.131. The van der Waals surface area contributed by atoms with Crippen molar-refractivity contribution in [2.75, 3.05) is 52.2 Å². The Morgan fingerprint density at radius 1 is 1.06 bits per heavy atom. The third-order valence-electron chi connectivity index (χ3n) is 6.60. The first-order valence-electron chi connectivity index (χ1n) is 11.3. The summed E-state index contributed by atoms with van der Waals surface area (Å²) in [6, 6.07) is -2.22. The lowest BCUT2D eigenvalue weighted by atomic mass is 9.84. The minimum Gasteiger partial charge on any atom is -0.378 e. The molecule has 3 fully saturated rings. The number of amides is 4. The van der Waals surface area contributed by atoms with Gasteiger partial charge in [0.05, 0.1) is 19.5 Å². The predicted molar refractivity (Wildman–Crippen MR) is 117 cm³/mol. The van der Waals surface area contributed by atoms with Crippen LogP contribution in [0.25, 0.3) is 0 Å². The topological polar surface area (TPSA) is 142 Å². The highest BCUT2D eigenvalue weighted by Crippen LogP contribution is 2.27. The van der Waals surface area contributed by atoms with Crippen molar-refractivity contribution < 1.29 is 27.5 Å². The number of carbonyl (C=O) groups excluding carboxylic acids is 3. The van der Waals surface area contributed by atoms with E-state index < -0.39 is 33.9 Å². The minimum absolute atomic E-state index is 0.0885. The number of nitrogens with two attached hydrogens (primary N) is 1. The fraction of sp³-hybridized carbons (Fsp3) is 0.850. The summed E-state index contributed by atoms with van der Waals surface area (Å²) in [5.74, 6) is -0.864. The molecule has 0 unspecified atom stereocenters. The van der Waals surface area contributed by atoms with E-state index in [0.29, 0.717) is 38.6 Å². The smallest absolute Gasteiger partial charge is 0.320 e. The molecule has 0 aromatic carbocycles. The van der Waals surface area contributed by atoms with E-state index >= 15 is 0 Å². The summed E-state index contributed by atoms with van der Waals surface area (Å²) < 4.78 is 30.7. The van der Waals surface area contributed by atoms with Crippen molar-refractivity contribution in [1.29, 1.82) is 0 Å². The van der Waals surface area contributed by atoms with E-state index in [1.807, 2.05) is 0 Å². The Bertz CT molecular complexity index is 794.